The van der Waals surface area contributed by atoms with E-state index in [0.29, 0.717) is 0 Å². The third-order valence-corrected chi connectivity index (χ3v) is 3.27. The second-order valence-electron chi connectivity index (χ2n) is 4.46. The Hall–Kier alpha value is -1.61. The van der Waals surface area contributed by atoms with Crippen LogP contribution in [0.2, 0.25) is 0 Å². The van der Waals surface area contributed by atoms with Gasteiger partial charge in [-0.2, -0.15) is 0 Å². The van der Waals surface area contributed by atoms with E-state index < -0.39 is 0 Å². The van der Waals surface area contributed by atoms with E-state index in [-0.39, 0.29) is 6.04 Å². The first-order valence-corrected chi connectivity index (χ1v) is 5.85. The van der Waals surface area contributed by atoms with Crippen molar-refractivity contribution in [1.82, 2.24) is 14.9 Å². The predicted molar refractivity (Wildman–Crippen MR) is 70.0 cm³/mol. The summed E-state index contributed by atoms with van der Waals surface area (Å²) in [6.07, 6.45) is 3.81. The van der Waals surface area contributed by atoms with Gasteiger partial charge in [-0.1, -0.05) is 18.2 Å². The Morgan fingerprint density at radius 1 is 1.24 bits per heavy atom. The standard InChI is InChI=1S/C14H19N3/c1-10-5-6-12(9-11(10)2)13(15-3)14-16-7-8-17(14)4/h5-9,13,15H,1-4H3. The molecule has 90 valence electrons. The third-order valence-electron chi connectivity index (χ3n) is 3.27. The number of hydrogen-bond acceptors (Lipinski definition) is 2. The van der Waals surface area contributed by atoms with Gasteiger partial charge in [0.15, 0.2) is 0 Å². The maximum absolute atomic E-state index is 4.42. The quantitative estimate of drug-likeness (QED) is 0.875. The highest BCUT2D eigenvalue weighted by molar-refractivity contribution is 5.34. The summed E-state index contributed by atoms with van der Waals surface area (Å²) in [5.41, 5.74) is 3.89. The first-order valence-electron chi connectivity index (χ1n) is 5.85. The lowest BCUT2D eigenvalue weighted by molar-refractivity contribution is 0.617. The Labute approximate surface area is 103 Å². The van der Waals surface area contributed by atoms with Crippen LogP contribution in [0.15, 0.2) is 30.6 Å². The minimum Gasteiger partial charge on any atom is -0.336 e. The van der Waals surface area contributed by atoms with E-state index in [2.05, 4.69) is 46.9 Å². The zero-order chi connectivity index (χ0) is 12.4. The van der Waals surface area contributed by atoms with Crippen LogP contribution < -0.4 is 5.32 Å². The molecule has 2 aromatic rings. The molecule has 0 fully saturated rings. The highest BCUT2D eigenvalue weighted by Crippen LogP contribution is 2.22. The van der Waals surface area contributed by atoms with E-state index in [0.717, 1.165) is 5.82 Å². The predicted octanol–water partition coefficient (Wildman–Crippen LogP) is 2.35. The van der Waals surface area contributed by atoms with E-state index in [1.165, 1.54) is 16.7 Å². The van der Waals surface area contributed by atoms with Crippen LogP contribution in [0.5, 0.6) is 0 Å². The van der Waals surface area contributed by atoms with Crippen molar-refractivity contribution in [2.45, 2.75) is 19.9 Å². The van der Waals surface area contributed by atoms with Crippen molar-refractivity contribution in [2.75, 3.05) is 7.05 Å². The second kappa shape index (κ2) is 4.72. The molecule has 0 spiro atoms. The number of nitrogens with one attached hydrogen (secondary N) is 1. The van der Waals surface area contributed by atoms with Crippen molar-refractivity contribution in [3.05, 3.63) is 53.1 Å². The fourth-order valence-electron chi connectivity index (χ4n) is 2.04. The lowest BCUT2D eigenvalue weighted by Gasteiger charge is -2.17. The Bertz CT molecular complexity index is 514. The average Bonchev–Trinajstić information content (AvgIpc) is 2.71. The van der Waals surface area contributed by atoms with Crippen molar-refractivity contribution in [3.63, 3.8) is 0 Å². The van der Waals surface area contributed by atoms with Gasteiger partial charge in [-0.05, 0) is 37.6 Å². The van der Waals surface area contributed by atoms with E-state index in [9.17, 15) is 0 Å². The largest absolute Gasteiger partial charge is 0.336 e. The van der Waals surface area contributed by atoms with Crippen molar-refractivity contribution in [3.8, 4) is 0 Å². The highest BCUT2D eigenvalue weighted by Gasteiger charge is 2.16. The van der Waals surface area contributed by atoms with Gasteiger partial charge in [0.05, 0.1) is 6.04 Å². The minimum atomic E-state index is 0.147. The van der Waals surface area contributed by atoms with Gasteiger partial charge < -0.3 is 9.88 Å². The number of aryl methyl sites for hydroxylation is 3. The second-order valence-corrected chi connectivity index (χ2v) is 4.46. The fourth-order valence-corrected chi connectivity index (χ4v) is 2.04. The van der Waals surface area contributed by atoms with Gasteiger partial charge >= 0.3 is 0 Å². The molecular weight excluding hydrogens is 210 g/mol. The van der Waals surface area contributed by atoms with Crippen LogP contribution in [0.1, 0.15) is 28.6 Å². The van der Waals surface area contributed by atoms with E-state index in [1.54, 1.807) is 0 Å². The van der Waals surface area contributed by atoms with Gasteiger partial charge in [0.1, 0.15) is 5.82 Å². The number of aromatic nitrogens is 2. The molecule has 1 atom stereocenters. The number of nitrogens with zero attached hydrogens (tertiary/aromatic N) is 2. The molecule has 0 amide bonds. The SMILES string of the molecule is CNC(c1ccc(C)c(C)c1)c1nccn1C. The van der Waals surface area contributed by atoms with Crippen LogP contribution in [-0.2, 0) is 7.05 Å². The van der Waals surface area contributed by atoms with Gasteiger partial charge in [-0.3, -0.25) is 0 Å². The normalized spacial score (nSPS) is 12.7. The number of benzene rings is 1. The third kappa shape index (κ3) is 2.24. The highest BCUT2D eigenvalue weighted by atomic mass is 15.1. The molecular formula is C14H19N3. The molecule has 3 nitrogen and oxygen atoms in total. The van der Waals surface area contributed by atoms with Gasteiger partial charge in [-0.15, -0.1) is 0 Å². The van der Waals surface area contributed by atoms with Gasteiger partial charge in [-0.25, -0.2) is 4.98 Å². The maximum atomic E-state index is 4.42. The number of imidazole rings is 1. The van der Waals surface area contributed by atoms with E-state index >= 15 is 0 Å². The first-order chi connectivity index (χ1) is 8.13. The maximum Gasteiger partial charge on any atom is 0.130 e. The van der Waals surface area contributed by atoms with Crippen LogP contribution in [0, 0.1) is 13.8 Å². The molecule has 0 saturated heterocycles. The molecule has 0 aliphatic carbocycles. The lowest BCUT2D eigenvalue weighted by Crippen LogP contribution is -2.21. The monoisotopic (exact) mass is 229 g/mol. The smallest absolute Gasteiger partial charge is 0.130 e. The molecule has 17 heavy (non-hydrogen) atoms. The molecule has 1 N–H and O–H groups in total. The average molecular weight is 229 g/mol. The molecule has 2 rings (SSSR count). The molecule has 1 heterocycles. The summed E-state index contributed by atoms with van der Waals surface area (Å²) in [4.78, 5) is 4.42. The van der Waals surface area contributed by atoms with Crippen LogP contribution in [0.4, 0.5) is 0 Å². The molecule has 3 heteroatoms. The Morgan fingerprint density at radius 3 is 2.53 bits per heavy atom. The molecule has 0 saturated carbocycles. The van der Waals surface area contributed by atoms with Gasteiger partial charge in [0.25, 0.3) is 0 Å². The Morgan fingerprint density at radius 2 is 2.00 bits per heavy atom. The van der Waals surface area contributed by atoms with Gasteiger partial charge in [0.2, 0.25) is 0 Å². The topological polar surface area (TPSA) is 29.9 Å². The molecule has 1 aromatic heterocycles. The lowest BCUT2D eigenvalue weighted by atomic mass is 10.0. The zero-order valence-corrected chi connectivity index (χ0v) is 10.9. The van der Waals surface area contributed by atoms with Crippen LogP contribution >= 0.6 is 0 Å². The van der Waals surface area contributed by atoms with Gasteiger partial charge in [0, 0.05) is 19.4 Å². The summed E-state index contributed by atoms with van der Waals surface area (Å²) in [6.45, 7) is 4.28. The molecule has 0 bridgehead atoms. The Balaban J connectivity index is 2.42. The summed E-state index contributed by atoms with van der Waals surface area (Å²) < 4.78 is 2.05. The summed E-state index contributed by atoms with van der Waals surface area (Å²) in [6, 6.07) is 6.70. The molecule has 0 radical (unpaired) electrons. The van der Waals surface area contributed by atoms with Crippen molar-refractivity contribution < 1.29 is 0 Å². The van der Waals surface area contributed by atoms with E-state index in [1.807, 2.05) is 26.5 Å². The zero-order valence-electron chi connectivity index (χ0n) is 10.9. The molecule has 1 aromatic carbocycles. The summed E-state index contributed by atoms with van der Waals surface area (Å²) in [5, 5.41) is 3.32. The number of rotatable bonds is 3. The van der Waals surface area contributed by atoms with Crippen molar-refractivity contribution >= 4 is 0 Å². The van der Waals surface area contributed by atoms with Crippen LogP contribution in [-0.4, -0.2) is 16.6 Å². The molecule has 0 aliphatic rings. The summed E-state index contributed by atoms with van der Waals surface area (Å²) in [5.74, 6) is 1.04. The van der Waals surface area contributed by atoms with Crippen molar-refractivity contribution in [2.24, 2.45) is 7.05 Å². The molecule has 0 aliphatic heterocycles. The van der Waals surface area contributed by atoms with Crippen LogP contribution in [0.25, 0.3) is 0 Å². The first kappa shape index (κ1) is 11.9. The minimum absolute atomic E-state index is 0.147. The molecule has 1 unspecified atom stereocenters. The van der Waals surface area contributed by atoms with Crippen molar-refractivity contribution in [1.29, 1.82) is 0 Å². The van der Waals surface area contributed by atoms with Crippen LogP contribution in [0.3, 0.4) is 0 Å². The fraction of sp³-hybridized carbons (Fsp3) is 0.357. The summed E-state index contributed by atoms with van der Waals surface area (Å²) in [7, 11) is 3.99. The van der Waals surface area contributed by atoms with E-state index in [4.69, 9.17) is 0 Å². The number of hydrogen-bond donors (Lipinski definition) is 1. The summed E-state index contributed by atoms with van der Waals surface area (Å²) >= 11 is 0. The Kier molecular flexibility index (Phi) is 3.29.